The molecule has 0 spiro atoms. The molecule has 0 aromatic carbocycles. The maximum Gasteiger partial charge on any atom is 0.129 e. The lowest BCUT2D eigenvalue weighted by atomic mass is 10.1. The van der Waals surface area contributed by atoms with Gasteiger partial charge in [0.05, 0.1) is 0 Å². The van der Waals surface area contributed by atoms with Gasteiger partial charge in [0.1, 0.15) is 5.82 Å². The molecular weight excluding hydrogens is 254 g/mol. The van der Waals surface area contributed by atoms with Gasteiger partial charge in [0, 0.05) is 35.8 Å². The topological polar surface area (TPSA) is 42.1 Å². The molecule has 3 nitrogen and oxygen atoms in total. The summed E-state index contributed by atoms with van der Waals surface area (Å²) < 4.78 is 0.309. The van der Waals surface area contributed by atoms with Crippen molar-refractivity contribution in [3.05, 3.63) is 23.4 Å². The maximum absolute atomic E-state index is 5.82. The number of nitrogens with two attached hydrogens (primary N) is 1. The third-order valence-electron chi connectivity index (χ3n) is 3.42. The van der Waals surface area contributed by atoms with E-state index in [9.17, 15) is 0 Å². The molecule has 1 saturated heterocycles. The van der Waals surface area contributed by atoms with E-state index in [0.29, 0.717) is 11.3 Å². The second kappa shape index (κ2) is 6.14. The predicted molar refractivity (Wildman–Crippen MR) is 84.9 cm³/mol. The molecule has 0 bridgehead atoms. The molecule has 4 heteroatoms. The third kappa shape index (κ3) is 3.86. The molecule has 1 aromatic heterocycles. The molecular formula is C15H25N3S. The number of nitrogens with zero attached hydrogens (tertiary/aromatic N) is 2. The summed E-state index contributed by atoms with van der Waals surface area (Å²) in [6, 6.07) is 4.31. The number of aryl methyl sites for hydroxylation is 1. The number of hydrogen-bond donors (Lipinski definition) is 1. The summed E-state index contributed by atoms with van der Waals surface area (Å²) in [5.74, 6) is 2.28. The zero-order chi connectivity index (χ0) is 13.9. The molecule has 0 saturated carbocycles. The van der Waals surface area contributed by atoms with Gasteiger partial charge in [0.2, 0.25) is 0 Å². The van der Waals surface area contributed by atoms with E-state index >= 15 is 0 Å². The van der Waals surface area contributed by atoms with Crippen LogP contribution in [0.5, 0.6) is 0 Å². The number of pyridine rings is 1. The molecule has 1 aliphatic heterocycles. The average Bonchev–Trinajstić information content (AvgIpc) is 2.37. The van der Waals surface area contributed by atoms with Gasteiger partial charge in [0.25, 0.3) is 0 Å². The highest BCUT2D eigenvalue weighted by molar-refractivity contribution is 8.00. The van der Waals surface area contributed by atoms with Crippen LogP contribution in [0.4, 0.5) is 5.82 Å². The molecule has 19 heavy (non-hydrogen) atoms. The van der Waals surface area contributed by atoms with Gasteiger partial charge in [-0.3, -0.25) is 0 Å². The molecule has 1 aromatic rings. The summed E-state index contributed by atoms with van der Waals surface area (Å²) in [7, 11) is 0. The smallest absolute Gasteiger partial charge is 0.129 e. The SMILES string of the molecule is CCCc1cc(CN)cc(N2CCSC(C)(C)C2)n1. The highest BCUT2D eigenvalue weighted by Crippen LogP contribution is 2.31. The normalized spacial score (nSPS) is 18.6. The van der Waals surface area contributed by atoms with Crippen molar-refractivity contribution < 1.29 is 0 Å². The van der Waals surface area contributed by atoms with E-state index in [4.69, 9.17) is 10.7 Å². The van der Waals surface area contributed by atoms with Crippen LogP contribution >= 0.6 is 11.8 Å². The minimum absolute atomic E-state index is 0.309. The minimum atomic E-state index is 0.309. The van der Waals surface area contributed by atoms with Crippen LogP contribution in [0.25, 0.3) is 0 Å². The largest absolute Gasteiger partial charge is 0.354 e. The summed E-state index contributed by atoms with van der Waals surface area (Å²) in [5, 5.41) is 0. The van der Waals surface area contributed by atoms with Gasteiger partial charge in [-0.25, -0.2) is 4.98 Å². The minimum Gasteiger partial charge on any atom is -0.354 e. The van der Waals surface area contributed by atoms with Crippen LogP contribution in [0.1, 0.15) is 38.4 Å². The molecule has 0 aliphatic carbocycles. The van der Waals surface area contributed by atoms with Crippen LogP contribution in [0.3, 0.4) is 0 Å². The first-order valence-electron chi connectivity index (χ1n) is 7.13. The van der Waals surface area contributed by atoms with Gasteiger partial charge >= 0.3 is 0 Å². The summed E-state index contributed by atoms with van der Waals surface area (Å²) in [6.07, 6.45) is 2.16. The maximum atomic E-state index is 5.82. The van der Waals surface area contributed by atoms with Crippen molar-refractivity contribution in [3.63, 3.8) is 0 Å². The van der Waals surface area contributed by atoms with Crippen molar-refractivity contribution in [2.24, 2.45) is 5.73 Å². The third-order valence-corrected chi connectivity index (χ3v) is 4.71. The second-order valence-corrected chi connectivity index (χ2v) is 7.61. The van der Waals surface area contributed by atoms with Crippen LogP contribution in [-0.4, -0.2) is 28.6 Å². The molecule has 0 radical (unpaired) electrons. The summed E-state index contributed by atoms with van der Waals surface area (Å²) in [4.78, 5) is 7.23. The van der Waals surface area contributed by atoms with E-state index in [1.165, 1.54) is 17.0 Å². The van der Waals surface area contributed by atoms with E-state index in [-0.39, 0.29) is 0 Å². The zero-order valence-electron chi connectivity index (χ0n) is 12.3. The Labute approximate surface area is 121 Å². The first-order chi connectivity index (χ1) is 9.04. The van der Waals surface area contributed by atoms with Gasteiger partial charge in [0.15, 0.2) is 0 Å². The second-order valence-electron chi connectivity index (χ2n) is 5.81. The van der Waals surface area contributed by atoms with E-state index in [0.717, 1.165) is 31.7 Å². The van der Waals surface area contributed by atoms with E-state index in [2.05, 4.69) is 37.8 Å². The summed E-state index contributed by atoms with van der Waals surface area (Å²) in [5.41, 5.74) is 8.19. The van der Waals surface area contributed by atoms with Crippen LogP contribution in [0.15, 0.2) is 12.1 Å². The van der Waals surface area contributed by atoms with Gasteiger partial charge in [-0.1, -0.05) is 13.3 Å². The highest BCUT2D eigenvalue weighted by Gasteiger charge is 2.27. The van der Waals surface area contributed by atoms with Crippen molar-refractivity contribution in [1.29, 1.82) is 0 Å². The predicted octanol–water partition coefficient (Wildman–Crippen LogP) is 2.82. The Morgan fingerprint density at radius 3 is 2.84 bits per heavy atom. The number of thioether (sulfide) groups is 1. The lowest BCUT2D eigenvalue weighted by molar-refractivity contribution is 0.640. The van der Waals surface area contributed by atoms with Crippen molar-refractivity contribution in [2.75, 3.05) is 23.7 Å². The van der Waals surface area contributed by atoms with E-state index in [1.54, 1.807) is 0 Å². The molecule has 1 aliphatic rings. The van der Waals surface area contributed by atoms with Crippen LogP contribution in [0.2, 0.25) is 0 Å². The zero-order valence-corrected chi connectivity index (χ0v) is 13.1. The molecule has 0 amide bonds. The molecule has 2 heterocycles. The fourth-order valence-electron chi connectivity index (χ4n) is 2.51. The van der Waals surface area contributed by atoms with E-state index in [1.807, 2.05) is 11.8 Å². The quantitative estimate of drug-likeness (QED) is 0.920. The number of hydrogen-bond acceptors (Lipinski definition) is 4. The highest BCUT2D eigenvalue weighted by atomic mass is 32.2. The van der Waals surface area contributed by atoms with Crippen LogP contribution in [0, 0.1) is 0 Å². The van der Waals surface area contributed by atoms with Gasteiger partial charge in [-0.05, 0) is 38.0 Å². The van der Waals surface area contributed by atoms with Crippen LogP contribution < -0.4 is 10.6 Å². The Bertz CT molecular complexity index is 431. The number of anilines is 1. The number of aromatic nitrogens is 1. The summed E-state index contributed by atoms with van der Waals surface area (Å²) >= 11 is 2.05. The molecule has 0 unspecified atom stereocenters. The Kier molecular flexibility index (Phi) is 4.74. The fourth-order valence-corrected chi connectivity index (χ4v) is 3.62. The molecule has 1 fully saturated rings. The lowest BCUT2D eigenvalue weighted by Crippen LogP contribution is -2.43. The monoisotopic (exact) mass is 279 g/mol. The van der Waals surface area contributed by atoms with Crippen molar-refractivity contribution in [2.45, 2.75) is 44.9 Å². The Morgan fingerprint density at radius 2 is 2.21 bits per heavy atom. The lowest BCUT2D eigenvalue weighted by Gasteiger charge is -2.38. The first kappa shape index (κ1) is 14.7. The standard InChI is InChI=1S/C15H25N3S/c1-4-5-13-8-12(10-16)9-14(17-13)18-6-7-19-15(2,3)11-18/h8-9H,4-7,10-11,16H2,1-3H3. The van der Waals surface area contributed by atoms with Crippen LogP contribution in [-0.2, 0) is 13.0 Å². The Hall–Kier alpha value is -0.740. The van der Waals surface area contributed by atoms with E-state index < -0.39 is 0 Å². The first-order valence-corrected chi connectivity index (χ1v) is 8.11. The Balaban J connectivity index is 2.25. The van der Waals surface area contributed by atoms with Gasteiger partial charge < -0.3 is 10.6 Å². The molecule has 0 atom stereocenters. The average molecular weight is 279 g/mol. The van der Waals surface area contributed by atoms with Crippen molar-refractivity contribution in [1.82, 2.24) is 4.98 Å². The van der Waals surface area contributed by atoms with Crippen molar-refractivity contribution in [3.8, 4) is 0 Å². The molecule has 2 N–H and O–H groups in total. The summed E-state index contributed by atoms with van der Waals surface area (Å²) in [6.45, 7) is 9.55. The number of rotatable bonds is 4. The van der Waals surface area contributed by atoms with Crippen molar-refractivity contribution >= 4 is 17.6 Å². The molecule has 106 valence electrons. The fraction of sp³-hybridized carbons (Fsp3) is 0.667. The Morgan fingerprint density at radius 1 is 1.42 bits per heavy atom. The molecule has 2 rings (SSSR count). The van der Waals surface area contributed by atoms with Gasteiger partial charge in [-0.15, -0.1) is 0 Å². The van der Waals surface area contributed by atoms with Gasteiger partial charge in [-0.2, -0.15) is 11.8 Å².